The van der Waals surface area contributed by atoms with Crippen molar-refractivity contribution in [1.29, 1.82) is 0 Å². The van der Waals surface area contributed by atoms with Gasteiger partial charge in [0.1, 0.15) is 0 Å². The summed E-state index contributed by atoms with van der Waals surface area (Å²) in [6.07, 6.45) is 3.03. The van der Waals surface area contributed by atoms with Crippen LogP contribution in [0.2, 0.25) is 0 Å². The molecule has 0 saturated heterocycles. The van der Waals surface area contributed by atoms with Gasteiger partial charge in [0.2, 0.25) is 0 Å². The number of amides is 1. The number of benzene rings is 2. The minimum Gasteiger partial charge on any atom is -0.453 e. The highest BCUT2D eigenvalue weighted by atomic mass is 127. The zero-order chi connectivity index (χ0) is 17.6. The Kier molecular flexibility index (Phi) is 7.26. The van der Waals surface area contributed by atoms with Crippen LogP contribution in [0.3, 0.4) is 0 Å². The van der Waals surface area contributed by atoms with E-state index < -0.39 is 6.09 Å². The first kappa shape index (κ1) is 20.0. The van der Waals surface area contributed by atoms with Crippen molar-refractivity contribution in [2.24, 2.45) is 10.7 Å². The standard InChI is InChI=1S/C19H22N4O2.HI/c1-25-19(24)23-16-8-5-13(6-9-16)12-21-18(20)22-17-10-7-14-3-2-4-15(14)11-17;/h5-11H,2-4,12H2,1H3,(H,23,24)(H3,20,21,22);1H. The number of aryl methyl sites for hydroxylation is 2. The van der Waals surface area contributed by atoms with Crippen molar-refractivity contribution >= 4 is 47.4 Å². The van der Waals surface area contributed by atoms with E-state index in [4.69, 9.17) is 5.73 Å². The number of methoxy groups -OCH3 is 1. The molecular formula is C19H23IN4O2. The number of halogens is 1. The van der Waals surface area contributed by atoms with E-state index in [9.17, 15) is 4.79 Å². The largest absolute Gasteiger partial charge is 0.453 e. The van der Waals surface area contributed by atoms with Gasteiger partial charge in [-0.2, -0.15) is 0 Å². The molecule has 0 aliphatic heterocycles. The molecule has 0 aromatic heterocycles. The Bertz CT molecular complexity index is 791. The topological polar surface area (TPSA) is 88.7 Å². The Morgan fingerprint density at radius 3 is 2.50 bits per heavy atom. The van der Waals surface area contributed by atoms with Gasteiger partial charge in [-0.1, -0.05) is 18.2 Å². The summed E-state index contributed by atoms with van der Waals surface area (Å²) in [7, 11) is 1.33. The molecule has 26 heavy (non-hydrogen) atoms. The summed E-state index contributed by atoms with van der Waals surface area (Å²) in [4.78, 5) is 15.5. The number of ether oxygens (including phenoxy) is 1. The summed E-state index contributed by atoms with van der Waals surface area (Å²) >= 11 is 0. The molecule has 1 aliphatic rings. The molecule has 2 aromatic carbocycles. The van der Waals surface area contributed by atoms with Gasteiger partial charge in [-0.05, 0) is 60.2 Å². The average molecular weight is 466 g/mol. The number of hydrogen-bond acceptors (Lipinski definition) is 3. The highest BCUT2D eigenvalue weighted by Gasteiger charge is 2.10. The van der Waals surface area contributed by atoms with Crippen LogP contribution in [0, 0.1) is 0 Å². The van der Waals surface area contributed by atoms with Crippen LogP contribution in [0.4, 0.5) is 16.2 Å². The van der Waals surface area contributed by atoms with Crippen LogP contribution in [0.25, 0.3) is 0 Å². The molecule has 4 N–H and O–H groups in total. The number of nitrogens with one attached hydrogen (secondary N) is 2. The molecule has 7 heteroatoms. The van der Waals surface area contributed by atoms with Crippen molar-refractivity contribution in [3.63, 3.8) is 0 Å². The number of carbonyl (C=O) groups excluding carboxylic acids is 1. The van der Waals surface area contributed by atoms with Crippen LogP contribution in [-0.2, 0) is 24.1 Å². The van der Waals surface area contributed by atoms with E-state index >= 15 is 0 Å². The Balaban J connectivity index is 0.00000243. The maximum absolute atomic E-state index is 11.1. The van der Waals surface area contributed by atoms with Gasteiger partial charge in [0.05, 0.1) is 13.7 Å². The minimum atomic E-state index is -0.492. The molecule has 1 amide bonds. The van der Waals surface area contributed by atoms with E-state index in [0.717, 1.165) is 17.7 Å². The summed E-state index contributed by atoms with van der Waals surface area (Å²) in [5.74, 6) is 0.384. The SMILES string of the molecule is COC(=O)Nc1ccc(CN=C(N)Nc2ccc3c(c2)CCC3)cc1.I. The second-order valence-corrected chi connectivity index (χ2v) is 5.98. The first-order valence-corrected chi connectivity index (χ1v) is 8.27. The van der Waals surface area contributed by atoms with E-state index in [1.54, 1.807) is 12.1 Å². The van der Waals surface area contributed by atoms with E-state index in [0.29, 0.717) is 18.2 Å². The number of hydrogen-bond donors (Lipinski definition) is 3. The van der Waals surface area contributed by atoms with Crippen LogP contribution < -0.4 is 16.4 Å². The number of nitrogens with zero attached hydrogens (tertiary/aromatic N) is 1. The normalized spacial score (nSPS) is 12.7. The average Bonchev–Trinajstić information content (AvgIpc) is 3.09. The number of fused-ring (bicyclic) bond motifs is 1. The van der Waals surface area contributed by atoms with Crippen molar-refractivity contribution in [3.05, 3.63) is 59.2 Å². The third kappa shape index (κ3) is 5.35. The van der Waals surface area contributed by atoms with Gasteiger partial charge in [0, 0.05) is 11.4 Å². The van der Waals surface area contributed by atoms with Gasteiger partial charge >= 0.3 is 6.09 Å². The highest BCUT2D eigenvalue weighted by Crippen LogP contribution is 2.24. The van der Waals surface area contributed by atoms with Gasteiger partial charge in [-0.25, -0.2) is 9.79 Å². The fourth-order valence-corrected chi connectivity index (χ4v) is 2.88. The zero-order valence-corrected chi connectivity index (χ0v) is 16.9. The molecular weight excluding hydrogens is 443 g/mol. The minimum absolute atomic E-state index is 0. The molecule has 0 radical (unpaired) electrons. The van der Waals surface area contributed by atoms with Crippen LogP contribution in [0.15, 0.2) is 47.5 Å². The van der Waals surface area contributed by atoms with E-state index in [2.05, 4.69) is 32.5 Å². The van der Waals surface area contributed by atoms with Crippen molar-refractivity contribution in [1.82, 2.24) is 0 Å². The Morgan fingerprint density at radius 2 is 1.77 bits per heavy atom. The maximum Gasteiger partial charge on any atom is 0.411 e. The first-order chi connectivity index (χ1) is 12.1. The number of aliphatic imine (C=N–C) groups is 1. The summed E-state index contributed by atoms with van der Waals surface area (Å²) in [6, 6.07) is 13.7. The molecule has 0 saturated carbocycles. The summed E-state index contributed by atoms with van der Waals surface area (Å²) < 4.78 is 4.55. The molecule has 1 aliphatic carbocycles. The number of carbonyl (C=O) groups is 1. The Hall–Kier alpha value is -2.29. The molecule has 2 aromatic rings. The molecule has 138 valence electrons. The van der Waals surface area contributed by atoms with E-state index in [-0.39, 0.29) is 24.0 Å². The Labute approximate surface area is 170 Å². The van der Waals surface area contributed by atoms with Crippen molar-refractivity contribution in [3.8, 4) is 0 Å². The van der Waals surface area contributed by atoms with Gasteiger partial charge in [0.15, 0.2) is 5.96 Å². The van der Waals surface area contributed by atoms with Crippen molar-refractivity contribution in [2.75, 3.05) is 17.7 Å². The lowest BCUT2D eigenvalue weighted by Crippen LogP contribution is -2.22. The van der Waals surface area contributed by atoms with Crippen molar-refractivity contribution in [2.45, 2.75) is 25.8 Å². The van der Waals surface area contributed by atoms with Crippen LogP contribution in [-0.4, -0.2) is 19.2 Å². The molecule has 0 heterocycles. The lowest BCUT2D eigenvalue weighted by molar-refractivity contribution is 0.187. The maximum atomic E-state index is 11.1. The van der Waals surface area contributed by atoms with Crippen LogP contribution in [0.5, 0.6) is 0 Å². The lowest BCUT2D eigenvalue weighted by atomic mass is 10.1. The Morgan fingerprint density at radius 1 is 1.08 bits per heavy atom. The van der Waals surface area contributed by atoms with Gasteiger partial charge < -0.3 is 15.8 Å². The van der Waals surface area contributed by atoms with Gasteiger partial charge in [0.25, 0.3) is 0 Å². The predicted molar refractivity (Wildman–Crippen MR) is 115 cm³/mol. The molecule has 3 rings (SSSR count). The number of guanidine groups is 1. The summed E-state index contributed by atoms with van der Waals surface area (Å²) in [5.41, 5.74) is 11.4. The van der Waals surface area contributed by atoms with E-state index in [1.165, 1.54) is 31.1 Å². The first-order valence-electron chi connectivity index (χ1n) is 8.27. The number of anilines is 2. The fraction of sp³-hybridized carbons (Fsp3) is 0.263. The number of rotatable bonds is 4. The molecule has 0 fully saturated rings. The van der Waals surface area contributed by atoms with Gasteiger partial charge in [-0.3, -0.25) is 5.32 Å². The van der Waals surface area contributed by atoms with Crippen LogP contribution in [0.1, 0.15) is 23.1 Å². The third-order valence-electron chi connectivity index (χ3n) is 4.19. The second kappa shape index (κ2) is 9.42. The zero-order valence-electron chi connectivity index (χ0n) is 14.6. The van der Waals surface area contributed by atoms with Gasteiger partial charge in [-0.15, -0.1) is 24.0 Å². The molecule has 0 bridgehead atoms. The predicted octanol–water partition coefficient (Wildman–Crippen LogP) is 3.90. The molecule has 6 nitrogen and oxygen atoms in total. The highest BCUT2D eigenvalue weighted by molar-refractivity contribution is 14.0. The molecule has 0 atom stereocenters. The monoisotopic (exact) mass is 466 g/mol. The van der Waals surface area contributed by atoms with Crippen molar-refractivity contribution < 1.29 is 9.53 Å². The smallest absolute Gasteiger partial charge is 0.411 e. The van der Waals surface area contributed by atoms with Crippen LogP contribution >= 0.6 is 24.0 Å². The number of nitrogens with two attached hydrogens (primary N) is 1. The lowest BCUT2D eigenvalue weighted by Gasteiger charge is -2.08. The van der Waals surface area contributed by atoms with E-state index in [1.807, 2.05) is 18.2 Å². The second-order valence-electron chi connectivity index (χ2n) is 5.98. The third-order valence-corrected chi connectivity index (χ3v) is 4.19. The molecule has 0 spiro atoms. The summed E-state index contributed by atoms with van der Waals surface area (Å²) in [5, 5.41) is 5.74. The summed E-state index contributed by atoms with van der Waals surface area (Å²) in [6.45, 7) is 0.461. The molecule has 0 unspecified atom stereocenters. The quantitative estimate of drug-likeness (QED) is 0.363. The fourth-order valence-electron chi connectivity index (χ4n) is 2.88.